The summed E-state index contributed by atoms with van der Waals surface area (Å²) >= 11 is 0. The van der Waals surface area contributed by atoms with Crippen LogP contribution in [0.5, 0.6) is 5.75 Å². The molecule has 2 aromatic rings. The molecule has 3 unspecified atom stereocenters. The predicted octanol–water partition coefficient (Wildman–Crippen LogP) is 1.30. The Balaban J connectivity index is 1.40. The number of benzene rings is 1. The normalized spacial score (nSPS) is 19.9. The molecule has 3 atom stereocenters. The Morgan fingerprint density at radius 2 is 2.00 bits per heavy atom. The Hall–Kier alpha value is -4.38. The molecule has 2 N–H and O–H groups in total. The molecule has 0 saturated heterocycles. The van der Waals surface area contributed by atoms with Gasteiger partial charge in [0.25, 0.3) is 5.95 Å². The molecule has 2 heterocycles. The molecule has 2 aliphatic rings. The van der Waals surface area contributed by atoms with Crippen LogP contribution in [-0.2, 0) is 23.8 Å². The summed E-state index contributed by atoms with van der Waals surface area (Å²) in [5, 5.41) is 19.4. The number of carbonyl (C=O) groups excluding carboxylic acids is 2. The Bertz CT molecular complexity index is 1280. The number of hydrogen-bond acceptors (Lipinski definition) is 10. The third kappa shape index (κ3) is 4.69. The van der Waals surface area contributed by atoms with Crippen LogP contribution in [0.2, 0.25) is 0 Å². The molecule has 1 aromatic heterocycles. The lowest BCUT2D eigenvalue weighted by molar-refractivity contribution is -0.137. The maximum Gasteiger partial charge on any atom is 0.371 e. The second-order valence-electron chi connectivity index (χ2n) is 7.28. The topological polar surface area (TPSA) is 159 Å². The van der Waals surface area contributed by atoms with Crippen molar-refractivity contribution in [2.45, 2.75) is 12.2 Å². The maximum atomic E-state index is 12.4. The van der Waals surface area contributed by atoms with Crippen molar-refractivity contribution in [3.63, 3.8) is 0 Å². The standard InChI is InChI=1S/C23H18O11/c24-11-32-20-8-14(27)22-16(4-2-6-18(22)34-20)31-10-12(25)9-30-15-3-1-5-17-21(15)13(26)7-19(33-17)23(28)29/h1-8,11-12,18,22,25H,9-10H2,(H,28,29). The van der Waals surface area contributed by atoms with E-state index in [0.29, 0.717) is 0 Å². The number of hydrogen-bond donors (Lipinski definition) is 2. The number of carbonyl (C=O) groups is 3. The molecule has 0 spiro atoms. The van der Waals surface area contributed by atoms with E-state index in [1.54, 1.807) is 18.2 Å². The molecule has 1 aliphatic carbocycles. The van der Waals surface area contributed by atoms with E-state index >= 15 is 0 Å². The zero-order valence-corrected chi connectivity index (χ0v) is 17.4. The van der Waals surface area contributed by atoms with E-state index < -0.39 is 41.1 Å². The number of carboxylic acid groups (broad SMARTS) is 1. The molecule has 0 saturated carbocycles. The highest BCUT2D eigenvalue weighted by Gasteiger charge is 2.38. The van der Waals surface area contributed by atoms with E-state index in [-0.39, 0.29) is 48.1 Å². The van der Waals surface area contributed by atoms with Crippen LogP contribution >= 0.6 is 0 Å². The van der Waals surface area contributed by atoms with Crippen molar-refractivity contribution in [1.82, 2.24) is 0 Å². The third-order valence-electron chi connectivity index (χ3n) is 4.98. The maximum absolute atomic E-state index is 12.4. The number of ketones is 1. The molecule has 4 rings (SSSR count). The fourth-order valence-corrected chi connectivity index (χ4v) is 3.50. The highest BCUT2D eigenvalue weighted by Crippen LogP contribution is 2.31. The molecule has 1 aromatic carbocycles. The Kier molecular flexibility index (Phi) is 6.46. The number of aromatic carboxylic acids is 1. The van der Waals surface area contributed by atoms with Gasteiger partial charge in [0, 0.05) is 6.07 Å². The van der Waals surface area contributed by atoms with Gasteiger partial charge in [-0.1, -0.05) is 12.1 Å². The zero-order valence-electron chi connectivity index (χ0n) is 17.4. The summed E-state index contributed by atoms with van der Waals surface area (Å²) in [5.41, 5.74) is -0.577. The predicted molar refractivity (Wildman–Crippen MR) is 113 cm³/mol. The minimum Gasteiger partial charge on any atom is -0.494 e. The van der Waals surface area contributed by atoms with E-state index in [4.69, 9.17) is 23.7 Å². The first kappa shape index (κ1) is 22.8. The summed E-state index contributed by atoms with van der Waals surface area (Å²) < 4.78 is 26.4. The van der Waals surface area contributed by atoms with E-state index in [9.17, 15) is 24.3 Å². The number of aliphatic hydroxyl groups is 1. The molecule has 0 amide bonds. The summed E-state index contributed by atoms with van der Waals surface area (Å²) in [6.45, 7) is -0.348. The van der Waals surface area contributed by atoms with Crippen molar-refractivity contribution < 1.29 is 48.0 Å². The highest BCUT2D eigenvalue weighted by atomic mass is 16.7. The van der Waals surface area contributed by atoms with Crippen LogP contribution in [0.1, 0.15) is 10.6 Å². The molecule has 0 fully saturated rings. The van der Waals surface area contributed by atoms with Crippen molar-refractivity contribution in [2.24, 2.45) is 5.92 Å². The SMILES string of the molecule is O=COC1=CC(=O)C2C(OCC(O)COc3cccc4oc(C(=O)O)cc(=O)c34)=CC=CC2O1. The zero-order chi connectivity index (χ0) is 24.2. The molecule has 34 heavy (non-hydrogen) atoms. The number of carboxylic acids is 1. The molecule has 0 bridgehead atoms. The minimum atomic E-state index is -1.38. The first-order chi connectivity index (χ1) is 16.4. The quantitative estimate of drug-likeness (QED) is 0.509. The van der Waals surface area contributed by atoms with E-state index in [1.807, 2.05) is 0 Å². The number of fused-ring (bicyclic) bond motifs is 2. The minimum absolute atomic E-state index is 0.0279. The fraction of sp³-hybridized carbons (Fsp3) is 0.217. The fourth-order valence-electron chi connectivity index (χ4n) is 3.50. The Morgan fingerprint density at radius 3 is 2.76 bits per heavy atom. The molecule has 11 heteroatoms. The van der Waals surface area contributed by atoms with Crippen LogP contribution in [0.25, 0.3) is 11.0 Å². The number of aliphatic hydroxyl groups excluding tert-OH is 1. The summed E-state index contributed by atoms with van der Waals surface area (Å²) in [5.74, 6) is -2.93. The van der Waals surface area contributed by atoms with Crippen LogP contribution in [0.4, 0.5) is 0 Å². The van der Waals surface area contributed by atoms with Gasteiger partial charge in [-0.25, -0.2) is 4.79 Å². The largest absolute Gasteiger partial charge is 0.494 e. The van der Waals surface area contributed by atoms with Crippen LogP contribution in [0.3, 0.4) is 0 Å². The van der Waals surface area contributed by atoms with Gasteiger partial charge in [-0.15, -0.1) is 0 Å². The molecule has 176 valence electrons. The van der Waals surface area contributed by atoms with Gasteiger partial charge in [-0.3, -0.25) is 14.4 Å². The van der Waals surface area contributed by atoms with Crippen molar-refractivity contribution in [3.8, 4) is 5.75 Å². The van der Waals surface area contributed by atoms with Gasteiger partial charge >= 0.3 is 12.4 Å². The second-order valence-corrected chi connectivity index (χ2v) is 7.28. The van der Waals surface area contributed by atoms with Gasteiger partial charge in [0.15, 0.2) is 11.2 Å². The van der Waals surface area contributed by atoms with Gasteiger partial charge in [0.2, 0.25) is 5.76 Å². The van der Waals surface area contributed by atoms with Crippen LogP contribution in [0, 0.1) is 5.92 Å². The van der Waals surface area contributed by atoms with Crippen LogP contribution < -0.4 is 10.2 Å². The molecule has 1 aliphatic heterocycles. The van der Waals surface area contributed by atoms with Crippen molar-refractivity contribution in [1.29, 1.82) is 0 Å². The molecular formula is C23H18O11. The first-order valence-electron chi connectivity index (χ1n) is 10.0. The van der Waals surface area contributed by atoms with Crippen LogP contribution in [-0.4, -0.2) is 53.9 Å². The highest BCUT2D eigenvalue weighted by molar-refractivity contribution is 5.95. The van der Waals surface area contributed by atoms with Crippen molar-refractivity contribution in [3.05, 3.63) is 76.3 Å². The van der Waals surface area contributed by atoms with Gasteiger partial charge in [-0.05, 0) is 24.3 Å². The van der Waals surface area contributed by atoms with Gasteiger partial charge in [-0.2, -0.15) is 0 Å². The van der Waals surface area contributed by atoms with Crippen LogP contribution in [0.15, 0.2) is 69.5 Å². The Labute approximate surface area is 191 Å². The lowest BCUT2D eigenvalue weighted by atomic mass is 9.89. The summed E-state index contributed by atoms with van der Waals surface area (Å²) in [7, 11) is 0. The van der Waals surface area contributed by atoms with Crippen molar-refractivity contribution in [2.75, 3.05) is 13.2 Å². The lowest BCUT2D eigenvalue weighted by Crippen LogP contribution is -2.37. The number of allylic oxidation sites excluding steroid dienone is 3. The monoisotopic (exact) mass is 470 g/mol. The second kappa shape index (κ2) is 9.63. The van der Waals surface area contributed by atoms with Gasteiger partial charge in [0.05, 0.1) is 6.08 Å². The smallest absolute Gasteiger partial charge is 0.371 e. The number of ether oxygens (including phenoxy) is 4. The molecular weight excluding hydrogens is 452 g/mol. The lowest BCUT2D eigenvalue weighted by Gasteiger charge is -2.31. The summed E-state index contributed by atoms with van der Waals surface area (Å²) in [4.78, 5) is 46.3. The average Bonchev–Trinajstić information content (AvgIpc) is 2.81. The third-order valence-corrected chi connectivity index (χ3v) is 4.98. The number of rotatable bonds is 9. The Morgan fingerprint density at radius 1 is 1.21 bits per heavy atom. The average molecular weight is 470 g/mol. The summed E-state index contributed by atoms with van der Waals surface area (Å²) in [6.07, 6.45) is 3.95. The molecule has 0 radical (unpaired) electrons. The summed E-state index contributed by atoms with van der Waals surface area (Å²) in [6, 6.07) is 5.27. The molecule has 11 nitrogen and oxygen atoms in total. The van der Waals surface area contributed by atoms with Gasteiger partial charge < -0.3 is 33.6 Å². The van der Waals surface area contributed by atoms with E-state index in [1.165, 1.54) is 18.2 Å². The van der Waals surface area contributed by atoms with E-state index in [2.05, 4.69) is 4.74 Å². The first-order valence-corrected chi connectivity index (χ1v) is 10.0. The van der Waals surface area contributed by atoms with Crippen molar-refractivity contribution >= 4 is 29.2 Å². The van der Waals surface area contributed by atoms with Gasteiger partial charge in [0.1, 0.15) is 53.8 Å². The van der Waals surface area contributed by atoms with E-state index in [0.717, 1.165) is 12.1 Å².